The van der Waals surface area contributed by atoms with E-state index in [1.807, 2.05) is 6.07 Å². The highest BCUT2D eigenvalue weighted by atomic mass is 79.9. The van der Waals surface area contributed by atoms with Crippen molar-refractivity contribution in [3.63, 3.8) is 0 Å². The molecule has 0 N–H and O–H groups in total. The van der Waals surface area contributed by atoms with Crippen LogP contribution >= 0.6 is 15.9 Å². The van der Waals surface area contributed by atoms with Crippen molar-refractivity contribution in [1.82, 2.24) is 0 Å². The Balaban J connectivity index is 2.25. The van der Waals surface area contributed by atoms with Gasteiger partial charge in [0.25, 0.3) is 5.69 Å². The number of halogens is 1. The van der Waals surface area contributed by atoms with E-state index in [1.54, 1.807) is 19.2 Å². The molecule has 1 atom stereocenters. The molecule has 1 aliphatic rings. The van der Waals surface area contributed by atoms with Crippen LogP contribution in [0, 0.1) is 10.1 Å². The van der Waals surface area contributed by atoms with Crippen LogP contribution in [0.2, 0.25) is 0 Å². The number of ether oxygens (including phenoxy) is 1. The van der Waals surface area contributed by atoms with Crippen LogP contribution in [0.4, 0.5) is 11.4 Å². The van der Waals surface area contributed by atoms with Gasteiger partial charge in [-0.2, -0.15) is 0 Å². The minimum Gasteiger partial charge on any atom is -0.380 e. The molecule has 0 bridgehead atoms. The fourth-order valence-corrected chi connectivity index (χ4v) is 2.69. The van der Waals surface area contributed by atoms with Gasteiger partial charge in [-0.1, -0.05) is 15.9 Å². The van der Waals surface area contributed by atoms with Gasteiger partial charge in [0, 0.05) is 43.3 Å². The van der Waals surface area contributed by atoms with Gasteiger partial charge in [0.1, 0.15) is 0 Å². The zero-order valence-electron chi connectivity index (χ0n) is 10.1. The van der Waals surface area contributed by atoms with Crippen LogP contribution in [0.25, 0.3) is 0 Å². The molecule has 5 nitrogen and oxygen atoms in total. The Kier molecular flexibility index (Phi) is 4.19. The van der Waals surface area contributed by atoms with Crippen LogP contribution in [-0.2, 0) is 10.1 Å². The smallest absolute Gasteiger partial charge is 0.269 e. The molecule has 98 valence electrons. The van der Waals surface area contributed by atoms with E-state index in [9.17, 15) is 10.1 Å². The molecule has 0 amide bonds. The molecule has 0 radical (unpaired) electrons. The molecule has 0 aliphatic carbocycles. The molecule has 0 spiro atoms. The number of hydrogen-bond donors (Lipinski definition) is 0. The number of alkyl halides is 1. The number of benzene rings is 1. The number of nitro benzene ring substituents is 1. The lowest BCUT2D eigenvalue weighted by Gasteiger charge is -2.21. The fourth-order valence-electron chi connectivity index (χ4n) is 2.24. The predicted molar refractivity (Wildman–Crippen MR) is 73.4 cm³/mol. The van der Waals surface area contributed by atoms with E-state index in [4.69, 9.17) is 4.74 Å². The van der Waals surface area contributed by atoms with E-state index in [0.29, 0.717) is 5.33 Å². The molecular weight excluding hydrogens is 300 g/mol. The van der Waals surface area contributed by atoms with Crippen LogP contribution in [0.5, 0.6) is 0 Å². The summed E-state index contributed by atoms with van der Waals surface area (Å²) in [6.45, 7) is 1.77. The van der Waals surface area contributed by atoms with Crippen LogP contribution in [-0.4, -0.2) is 31.2 Å². The lowest BCUT2D eigenvalue weighted by molar-refractivity contribution is -0.384. The van der Waals surface area contributed by atoms with E-state index in [-0.39, 0.29) is 16.7 Å². The summed E-state index contributed by atoms with van der Waals surface area (Å²) >= 11 is 3.39. The van der Waals surface area contributed by atoms with Gasteiger partial charge in [-0.25, -0.2) is 0 Å². The van der Waals surface area contributed by atoms with Crippen LogP contribution in [0.1, 0.15) is 12.0 Å². The maximum Gasteiger partial charge on any atom is 0.269 e. The van der Waals surface area contributed by atoms with Crippen molar-refractivity contribution in [2.45, 2.75) is 17.9 Å². The van der Waals surface area contributed by atoms with E-state index in [1.165, 1.54) is 0 Å². The van der Waals surface area contributed by atoms with Crippen molar-refractivity contribution in [2.75, 3.05) is 25.1 Å². The SMILES string of the molecule is COC1CCN(c2ccc([N+](=O)[O-])cc2CBr)C1. The van der Waals surface area contributed by atoms with Gasteiger partial charge in [-0.05, 0) is 18.1 Å². The van der Waals surface area contributed by atoms with Crippen molar-refractivity contribution < 1.29 is 9.66 Å². The summed E-state index contributed by atoms with van der Waals surface area (Å²) < 4.78 is 5.34. The van der Waals surface area contributed by atoms with Crippen LogP contribution in [0.15, 0.2) is 18.2 Å². The highest BCUT2D eigenvalue weighted by Gasteiger charge is 2.24. The quantitative estimate of drug-likeness (QED) is 0.487. The summed E-state index contributed by atoms with van der Waals surface area (Å²) in [4.78, 5) is 12.6. The normalized spacial score (nSPS) is 19.2. The zero-order chi connectivity index (χ0) is 13.1. The fraction of sp³-hybridized carbons (Fsp3) is 0.500. The van der Waals surface area contributed by atoms with E-state index < -0.39 is 0 Å². The second kappa shape index (κ2) is 5.67. The van der Waals surface area contributed by atoms with Gasteiger partial charge in [0.05, 0.1) is 11.0 Å². The Morgan fingerprint density at radius 2 is 2.39 bits per heavy atom. The van der Waals surface area contributed by atoms with Crippen molar-refractivity contribution in [3.05, 3.63) is 33.9 Å². The average Bonchev–Trinajstić information content (AvgIpc) is 2.86. The van der Waals surface area contributed by atoms with Gasteiger partial charge in [0.2, 0.25) is 0 Å². The topological polar surface area (TPSA) is 55.6 Å². The van der Waals surface area contributed by atoms with Crippen molar-refractivity contribution in [2.24, 2.45) is 0 Å². The molecule has 1 aliphatic heterocycles. The third-order valence-corrected chi connectivity index (χ3v) is 3.84. The molecule has 1 aromatic carbocycles. The first-order chi connectivity index (χ1) is 8.65. The summed E-state index contributed by atoms with van der Waals surface area (Å²) in [6, 6.07) is 5.01. The predicted octanol–water partition coefficient (Wildman–Crippen LogP) is 2.71. The average molecular weight is 315 g/mol. The monoisotopic (exact) mass is 314 g/mol. The van der Waals surface area contributed by atoms with Gasteiger partial charge in [-0.3, -0.25) is 10.1 Å². The summed E-state index contributed by atoms with van der Waals surface area (Å²) in [7, 11) is 1.72. The van der Waals surface area contributed by atoms with Gasteiger partial charge in [-0.15, -0.1) is 0 Å². The molecular formula is C12H15BrN2O3. The highest BCUT2D eigenvalue weighted by molar-refractivity contribution is 9.08. The number of methoxy groups -OCH3 is 1. The second-order valence-corrected chi connectivity index (χ2v) is 4.86. The largest absolute Gasteiger partial charge is 0.380 e. The molecule has 2 rings (SSSR count). The Hall–Kier alpha value is -1.14. The minimum atomic E-state index is -0.363. The number of non-ortho nitro benzene ring substituents is 1. The molecule has 1 saturated heterocycles. The Labute approximate surface area is 114 Å². The Morgan fingerprint density at radius 3 is 2.94 bits per heavy atom. The lowest BCUT2D eigenvalue weighted by Crippen LogP contribution is -2.23. The Bertz CT molecular complexity index is 453. The van der Waals surface area contributed by atoms with E-state index in [0.717, 1.165) is 30.8 Å². The van der Waals surface area contributed by atoms with E-state index in [2.05, 4.69) is 20.8 Å². The molecule has 0 aromatic heterocycles. The summed E-state index contributed by atoms with van der Waals surface area (Å²) in [5.41, 5.74) is 2.13. The van der Waals surface area contributed by atoms with Crippen LogP contribution < -0.4 is 4.90 Å². The first-order valence-corrected chi connectivity index (χ1v) is 6.89. The van der Waals surface area contributed by atoms with Crippen LogP contribution in [0.3, 0.4) is 0 Å². The second-order valence-electron chi connectivity index (χ2n) is 4.30. The third-order valence-electron chi connectivity index (χ3n) is 3.24. The molecule has 1 unspecified atom stereocenters. The maximum absolute atomic E-state index is 10.8. The number of nitro groups is 1. The van der Waals surface area contributed by atoms with Gasteiger partial charge in [0.15, 0.2) is 0 Å². The molecule has 1 fully saturated rings. The summed E-state index contributed by atoms with van der Waals surface area (Å²) in [5.74, 6) is 0. The van der Waals surface area contributed by atoms with Crippen molar-refractivity contribution in [3.8, 4) is 0 Å². The Morgan fingerprint density at radius 1 is 1.61 bits per heavy atom. The molecule has 1 heterocycles. The first-order valence-electron chi connectivity index (χ1n) is 5.76. The summed E-state index contributed by atoms with van der Waals surface area (Å²) in [5, 5.41) is 11.4. The maximum atomic E-state index is 10.8. The standard InChI is InChI=1S/C12H15BrN2O3/c1-18-11-4-5-14(8-11)12-3-2-10(15(16)17)6-9(12)7-13/h2-3,6,11H,4-5,7-8H2,1H3. The highest BCUT2D eigenvalue weighted by Crippen LogP contribution is 2.30. The van der Waals surface area contributed by atoms with Gasteiger partial charge >= 0.3 is 0 Å². The first kappa shape index (κ1) is 13.3. The minimum absolute atomic E-state index is 0.135. The number of nitrogens with zero attached hydrogens (tertiary/aromatic N) is 2. The summed E-state index contributed by atoms with van der Waals surface area (Å²) in [6.07, 6.45) is 1.25. The number of anilines is 1. The number of hydrogen-bond acceptors (Lipinski definition) is 4. The van der Waals surface area contributed by atoms with E-state index >= 15 is 0 Å². The lowest BCUT2D eigenvalue weighted by atomic mass is 10.1. The molecule has 18 heavy (non-hydrogen) atoms. The van der Waals surface area contributed by atoms with Crippen molar-refractivity contribution >= 4 is 27.3 Å². The molecule has 0 saturated carbocycles. The molecule has 6 heteroatoms. The molecule has 1 aromatic rings. The number of rotatable bonds is 4. The zero-order valence-corrected chi connectivity index (χ0v) is 11.7. The third kappa shape index (κ3) is 2.64. The van der Waals surface area contributed by atoms with Gasteiger partial charge < -0.3 is 9.64 Å². The van der Waals surface area contributed by atoms with Crippen molar-refractivity contribution in [1.29, 1.82) is 0 Å².